The fraction of sp³-hybridized carbons (Fsp3) is 0.115. The van der Waals surface area contributed by atoms with E-state index in [-0.39, 0.29) is 30.5 Å². The Labute approximate surface area is 194 Å². The number of carboxylic acid groups (broad SMARTS) is 1. The number of furan rings is 1. The van der Waals surface area contributed by atoms with E-state index < -0.39 is 5.97 Å². The van der Waals surface area contributed by atoms with Gasteiger partial charge in [0.25, 0.3) is 5.91 Å². The lowest BCUT2D eigenvalue weighted by molar-refractivity contribution is -0.138. The molecule has 0 saturated carbocycles. The molecule has 0 aliphatic carbocycles. The number of carbonyl (C=O) groups excluding carboxylic acids is 2. The zero-order chi connectivity index (χ0) is 24.2. The lowest BCUT2D eigenvalue weighted by Crippen LogP contribution is -2.18. The molecular weight excluding hydrogens is 439 g/mol. The molecule has 172 valence electrons. The Morgan fingerprint density at radius 2 is 1.53 bits per heavy atom. The molecular formula is C26H21FN2O5. The van der Waals surface area contributed by atoms with Gasteiger partial charge in [-0.05, 0) is 59.7 Å². The highest BCUT2D eigenvalue weighted by Crippen LogP contribution is 2.36. The number of hydrogen-bond acceptors (Lipinski definition) is 4. The second-order valence-corrected chi connectivity index (χ2v) is 7.62. The highest BCUT2D eigenvalue weighted by molar-refractivity contribution is 6.11. The van der Waals surface area contributed by atoms with E-state index in [0.717, 1.165) is 11.1 Å². The molecule has 0 aliphatic heterocycles. The average Bonchev–Trinajstić information content (AvgIpc) is 3.22. The van der Waals surface area contributed by atoms with Crippen LogP contribution in [0.5, 0.6) is 0 Å². The maximum atomic E-state index is 13.4. The molecule has 0 unspecified atom stereocenters. The molecule has 1 heterocycles. The first kappa shape index (κ1) is 22.7. The number of benzene rings is 3. The van der Waals surface area contributed by atoms with E-state index in [2.05, 4.69) is 10.6 Å². The SMILES string of the molecule is CNC(=O)c1c(-c2ccc(F)cc2)oc2ccc(-c3ccc(NC(=O)CCC(=O)O)cc3)cc12. The van der Waals surface area contributed by atoms with Crippen LogP contribution in [0.3, 0.4) is 0 Å². The Morgan fingerprint density at radius 1 is 0.882 bits per heavy atom. The fourth-order valence-electron chi connectivity index (χ4n) is 3.62. The van der Waals surface area contributed by atoms with Crippen molar-refractivity contribution in [2.45, 2.75) is 12.8 Å². The standard InChI is InChI=1S/C26H21FN2O5/c1-28-26(33)24-20-14-17(6-11-21(20)34-25(24)16-2-7-18(27)8-3-16)15-4-9-19(10-5-15)29-22(30)12-13-23(31)32/h2-11,14H,12-13H2,1H3,(H,28,33)(H,29,30)(H,31,32). The molecule has 34 heavy (non-hydrogen) atoms. The summed E-state index contributed by atoms with van der Waals surface area (Å²) in [7, 11) is 1.53. The van der Waals surface area contributed by atoms with Gasteiger partial charge in [0, 0.05) is 30.1 Å². The third-order valence-corrected chi connectivity index (χ3v) is 5.32. The maximum Gasteiger partial charge on any atom is 0.303 e. The van der Waals surface area contributed by atoms with Crippen LogP contribution in [-0.2, 0) is 9.59 Å². The Balaban J connectivity index is 1.66. The molecule has 4 aromatic rings. The van der Waals surface area contributed by atoms with Crippen LogP contribution in [0, 0.1) is 5.82 Å². The lowest BCUT2D eigenvalue weighted by atomic mass is 10.00. The molecule has 0 fully saturated rings. The van der Waals surface area contributed by atoms with E-state index in [1.807, 2.05) is 24.3 Å². The van der Waals surface area contributed by atoms with Crippen LogP contribution in [0.1, 0.15) is 23.2 Å². The predicted octanol–water partition coefficient (Wildman–Crippen LogP) is 5.07. The average molecular weight is 460 g/mol. The van der Waals surface area contributed by atoms with Gasteiger partial charge in [-0.15, -0.1) is 0 Å². The van der Waals surface area contributed by atoms with Gasteiger partial charge in [-0.3, -0.25) is 14.4 Å². The Bertz CT molecular complexity index is 1380. The molecule has 0 saturated heterocycles. The van der Waals surface area contributed by atoms with Crippen molar-refractivity contribution in [1.82, 2.24) is 5.32 Å². The topological polar surface area (TPSA) is 109 Å². The summed E-state index contributed by atoms with van der Waals surface area (Å²) < 4.78 is 19.4. The molecule has 8 heteroatoms. The molecule has 0 radical (unpaired) electrons. The van der Waals surface area contributed by atoms with Crippen molar-refractivity contribution in [3.63, 3.8) is 0 Å². The molecule has 0 atom stereocenters. The highest BCUT2D eigenvalue weighted by atomic mass is 19.1. The molecule has 0 aliphatic rings. The molecule has 0 bridgehead atoms. The normalized spacial score (nSPS) is 10.8. The van der Waals surface area contributed by atoms with Gasteiger partial charge < -0.3 is 20.2 Å². The number of hydrogen-bond donors (Lipinski definition) is 3. The van der Waals surface area contributed by atoms with Crippen LogP contribution >= 0.6 is 0 Å². The quantitative estimate of drug-likeness (QED) is 0.357. The zero-order valence-corrected chi connectivity index (χ0v) is 18.2. The van der Waals surface area contributed by atoms with E-state index >= 15 is 0 Å². The van der Waals surface area contributed by atoms with Crippen molar-refractivity contribution in [3.8, 4) is 22.5 Å². The van der Waals surface area contributed by atoms with Gasteiger partial charge in [0.1, 0.15) is 17.2 Å². The molecule has 4 rings (SSSR count). The van der Waals surface area contributed by atoms with Crippen molar-refractivity contribution in [2.75, 3.05) is 12.4 Å². The van der Waals surface area contributed by atoms with Crippen molar-refractivity contribution >= 4 is 34.4 Å². The first-order valence-electron chi connectivity index (χ1n) is 10.5. The third-order valence-electron chi connectivity index (χ3n) is 5.32. The zero-order valence-electron chi connectivity index (χ0n) is 18.2. The summed E-state index contributed by atoms with van der Waals surface area (Å²) in [5, 5.41) is 14.6. The van der Waals surface area contributed by atoms with E-state index in [1.54, 1.807) is 30.3 Å². The van der Waals surface area contributed by atoms with Crippen LogP contribution < -0.4 is 10.6 Å². The molecule has 0 spiro atoms. The van der Waals surface area contributed by atoms with Gasteiger partial charge in [-0.2, -0.15) is 0 Å². The molecule has 2 amide bonds. The predicted molar refractivity (Wildman–Crippen MR) is 126 cm³/mol. The van der Waals surface area contributed by atoms with E-state index in [4.69, 9.17) is 9.52 Å². The molecule has 1 aromatic heterocycles. The largest absolute Gasteiger partial charge is 0.481 e. The Kier molecular flexibility index (Phi) is 6.40. The van der Waals surface area contributed by atoms with Crippen LogP contribution in [0.4, 0.5) is 10.1 Å². The van der Waals surface area contributed by atoms with Crippen LogP contribution in [0.2, 0.25) is 0 Å². The number of aliphatic carboxylic acids is 1. The Morgan fingerprint density at radius 3 is 2.18 bits per heavy atom. The second kappa shape index (κ2) is 9.58. The minimum absolute atomic E-state index is 0.104. The first-order chi connectivity index (χ1) is 16.4. The number of rotatable bonds is 7. The first-order valence-corrected chi connectivity index (χ1v) is 10.5. The molecule has 7 nitrogen and oxygen atoms in total. The number of halogens is 1. The number of nitrogens with one attached hydrogen (secondary N) is 2. The summed E-state index contributed by atoms with van der Waals surface area (Å²) in [5.74, 6) is -1.76. The van der Waals surface area contributed by atoms with Gasteiger partial charge in [0.05, 0.1) is 12.0 Å². The van der Waals surface area contributed by atoms with Gasteiger partial charge in [-0.1, -0.05) is 18.2 Å². The molecule has 3 aromatic carbocycles. The van der Waals surface area contributed by atoms with Crippen LogP contribution in [0.25, 0.3) is 33.4 Å². The van der Waals surface area contributed by atoms with Crippen molar-refractivity contribution < 1.29 is 28.3 Å². The summed E-state index contributed by atoms with van der Waals surface area (Å²) in [6.07, 6.45) is -0.338. The van der Waals surface area contributed by atoms with E-state index in [0.29, 0.717) is 33.5 Å². The maximum absolute atomic E-state index is 13.4. The number of carboxylic acids is 1. The van der Waals surface area contributed by atoms with E-state index in [9.17, 15) is 18.8 Å². The molecule has 3 N–H and O–H groups in total. The van der Waals surface area contributed by atoms with Gasteiger partial charge >= 0.3 is 5.97 Å². The van der Waals surface area contributed by atoms with Gasteiger partial charge in [0.2, 0.25) is 5.91 Å². The summed E-state index contributed by atoms with van der Waals surface area (Å²) in [4.78, 5) is 35.2. The van der Waals surface area contributed by atoms with Crippen LogP contribution in [0.15, 0.2) is 71.1 Å². The lowest BCUT2D eigenvalue weighted by Gasteiger charge is -2.07. The highest BCUT2D eigenvalue weighted by Gasteiger charge is 2.22. The smallest absolute Gasteiger partial charge is 0.303 e. The second-order valence-electron chi connectivity index (χ2n) is 7.62. The minimum atomic E-state index is -1.03. The minimum Gasteiger partial charge on any atom is -0.481 e. The number of carbonyl (C=O) groups is 3. The summed E-state index contributed by atoms with van der Waals surface area (Å²) >= 11 is 0. The number of anilines is 1. The monoisotopic (exact) mass is 460 g/mol. The summed E-state index contributed by atoms with van der Waals surface area (Å²) in [6.45, 7) is 0. The van der Waals surface area contributed by atoms with E-state index in [1.165, 1.54) is 19.2 Å². The van der Waals surface area contributed by atoms with Crippen molar-refractivity contribution in [3.05, 3.63) is 78.1 Å². The van der Waals surface area contributed by atoms with Gasteiger partial charge in [0.15, 0.2) is 0 Å². The van der Waals surface area contributed by atoms with Crippen molar-refractivity contribution in [1.29, 1.82) is 0 Å². The van der Waals surface area contributed by atoms with Crippen molar-refractivity contribution in [2.24, 2.45) is 0 Å². The van der Waals surface area contributed by atoms with Crippen LogP contribution in [-0.4, -0.2) is 29.9 Å². The number of fused-ring (bicyclic) bond motifs is 1. The third kappa shape index (κ3) is 4.80. The van der Waals surface area contributed by atoms with Gasteiger partial charge in [-0.25, -0.2) is 4.39 Å². The fourth-order valence-corrected chi connectivity index (χ4v) is 3.62. The Hall–Kier alpha value is -4.46. The summed E-state index contributed by atoms with van der Waals surface area (Å²) in [5.41, 5.74) is 3.68. The summed E-state index contributed by atoms with van der Waals surface area (Å²) in [6, 6.07) is 18.3. The number of amides is 2.